The smallest absolute Gasteiger partial charge is 0.0562 e. The van der Waals surface area contributed by atoms with Crippen molar-refractivity contribution < 1.29 is 0 Å². The number of para-hydroxylation sites is 1. The number of rotatable bonds is 3. The van der Waals surface area contributed by atoms with Crippen molar-refractivity contribution in [2.45, 2.75) is 0 Å². The third-order valence-electron chi connectivity index (χ3n) is 11.3. The highest BCUT2D eigenvalue weighted by atomic mass is 32.1. The second-order valence-electron chi connectivity index (χ2n) is 14.1. The second kappa shape index (κ2) is 10.9. The van der Waals surface area contributed by atoms with E-state index in [1.165, 1.54) is 102 Å². The van der Waals surface area contributed by atoms with Crippen molar-refractivity contribution in [3.63, 3.8) is 0 Å². The average molecular weight is 691 g/mol. The quantitative estimate of drug-likeness (QED) is 0.175. The molecule has 12 rings (SSSR count). The van der Waals surface area contributed by atoms with E-state index in [-0.39, 0.29) is 0 Å². The predicted molar refractivity (Wildman–Crippen MR) is 228 cm³/mol. The third-order valence-corrected chi connectivity index (χ3v) is 12.4. The zero-order valence-electron chi connectivity index (χ0n) is 28.6. The number of hydrogen-bond donors (Lipinski definition) is 0. The molecule has 3 aromatic heterocycles. The molecule has 3 heteroatoms. The van der Waals surface area contributed by atoms with E-state index in [0.717, 1.165) is 5.69 Å². The maximum atomic E-state index is 2.49. The van der Waals surface area contributed by atoms with Crippen molar-refractivity contribution >= 4 is 96.7 Å². The van der Waals surface area contributed by atoms with E-state index in [2.05, 4.69) is 191 Å². The van der Waals surface area contributed by atoms with Gasteiger partial charge in [0.25, 0.3) is 0 Å². The van der Waals surface area contributed by atoms with Crippen molar-refractivity contribution in [1.29, 1.82) is 0 Å². The largest absolute Gasteiger partial charge is 0.309 e. The molecule has 0 atom stereocenters. The summed E-state index contributed by atoms with van der Waals surface area (Å²) in [5.74, 6) is 0. The van der Waals surface area contributed by atoms with Gasteiger partial charge in [0.1, 0.15) is 0 Å². The van der Waals surface area contributed by atoms with Crippen LogP contribution in [0.2, 0.25) is 0 Å². The molecule has 0 fully saturated rings. The third kappa shape index (κ3) is 4.14. The standard InChI is InChI=1S/C50H30N2S/c1-3-13-36-31(10-1)12-9-17-37(36)33-20-23-34(24-21-33)51-44-18-7-5-15-39(44)41-29-43-47(30-46(41)51)52(45-26-22-32-11-2-4-14-38(32)50(43)45)35-25-27-49-42(28-35)40-16-6-8-19-48(40)53-49/h1-30H. The van der Waals surface area contributed by atoms with Gasteiger partial charge in [-0.1, -0.05) is 121 Å². The maximum Gasteiger partial charge on any atom is 0.0562 e. The van der Waals surface area contributed by atoms with Gasteiger partial charge in [0.2, 0.25) is 0 Å². The van der Waals surface area contributed by atoms with Gasteiger partial charge in [-0.15, -0.1) is 11.3 Å². The maximum absolute atomic E-state index is 2.49. The minimum absolute atomic E-state index is 1.15. The summed E-state index contributed by atoms with van der Waals surface area (Å²) in [7, 11) is 0. The van der Waals surface area contributed by atoms with Gasteiger partial charge in [0.05, 0.1) is 22.1 Å². The van der Waals surface area contributed by atoms with Gasteiger partial charge in [-0.3, -0.25) is 0 Å². The van der Waals surface area contributed by atoms with Gasteiger partial charge < -0.3 is 9.13 Å². The van der Waals surface area contributed by atoms with Crippen LogP contribution in [-0.2, 0) is 0 Å². The summed E-state index contributed by atoms with van der Waals surface area (Å²) >= 11 is 1.87. The Morgan fingerprint density at radius 2 is 0.962 bits per heavy atom. The highest BCUT2D eigenvalue weighted by Gasteiger charge is 2.20. The molecular weight excluding hydrogens is 661 g/mol. The molecule has 53 heavy (non-hydrogen) atoms. The topological polar surface area (TPSA) is 9.86 Å². The Bertz CT molecular complexity index is 3440. The lowest BCUT2D eigenvalue weighted by atomic mass is 9.98. The van der Waals surface area contributed by atoms with Crippen LogP contribution in [0.25, 0.3) is 108 Å². The molecule has 3 heterocycles. The lowest BCUT2D eigenvalue weighted by Crippen LogP contribution is -1.96. The van der Waals surface area contributed by atoms with Crippen LogP contribution in [0.15, 0.2) is 182 Å². The molecule has 0 unspecified atom stereocenters. The summed E-state index contributed by atoms with van der Waals surface area (Å²) < 4.78 is 7.59. The van der Waals surface area contributed by atoms with Gasteiger partial charge in [-0.25, -0.2) is 0 Å². The number of benzene rings is 9. The van der Waals surface area contributed by atoms with Crippen molar-refractivity contribution in [1.82, 2.24) is 9.13 Å². The summed E-state index contributed by atoms with van der Waals surface area (Å²) in [5, 5.41) is 12.8. The average Bonchev–Trinajstić information content (AvgIpc) is 3.87. The van der Waals surface area contributed by atoms with E-state index in [9.17, 15) is 0 Å². The molecule has 0 bridgehead atoms. The molecule has 0 radical (unpaired) electrons. The Kier molecular flexibility index (Phi) is 5.96. The van der Waals surface area contributed by atoms with Gasteiger partial charge in [-0.05, 0) is 93.3 Å². The van der Waals surface area contributed by atoms with Crippen molar-refractivity contribution in [2.75, 3.05) is 0 Å². The molecule has 0 amide bonds. The van der Waals surface area contributed by atoms with E-state index in [1.54, 1.807) is 0 Å². The van der Waals surface area contributed by atoms with Crippen LogP contribution in [-0.4, -0.2) is 9.13 Å². The molecule has 0 aliphatic carbocycles. The van der Waals surface area contributed by atoms with Crippen LogP contribution in [0.4, 0.5) is 0 Å². The van der Waals surface area contributed by atoms with Gasteiger partial charge in [-0.2, -0.15) is 0 Å². The number of nitrogens with zero attached hydrogens (tertiary/aromatic N) is 2. The highest BCUT2D eigenvalue weighted by molar-refractivity contribution is 7.25. The summed E-state index contributed by atoms with van der Waals surface area (Å²) in [4.78, 5) is 0. The first kappa shape index (κ1) is 29.0. The SMILES string of the molecule is c1ccc2c(-c3ccc(-n4c5ccccc5c5cc6c7c8ccccc8ccc7n(-c7ccc8sc9ccccc9c8c7)c6cc54)cc3)cccc2c1. The first-order chi connectivity index (χ1) is 26.3. The zero-order chi connectivity index (χ0) is 34.6. The number of hydrogen-bond acceptors (Lipinski definition) is 1. The molecule has 12 aromatic rings. The van der Waals surface area contributed by atoms with Crippen molar-refractivity contribution in [3.05, 3.63) is 182 Å². The molecule has 0 N–H and O–H groups in total. The fraction of sp³-hybridized carbons (Fsp3) is 0. The first-order valence-corrected chi connectivity index (χ1v) is 19.0. The van der Waals surface area contributed by atoms with E-state index in [4.69, 9.17) is 0 Å². The summed E-state index contributed by atoms with van der Waals surface area (Å²) in [6, 6.07) is 67.3. The fourth-order valence-corrected chi connectivity index (χ4v) is 10.0. The summed E-state index contributed by atoms with van der Waals surface area (Å²) in [6.45, 7) is 0. The molecule has 246 valence electrons. The van der Waals surface area contributed by atoms with E-state index >= 15 is 0 Å². The lowest BCUT2D eigenvalue weighted by molar-refractivity contribution is 1.17. The van der Waals surface area contributed by atoms with Crippen LogP contribution in [0.3, 0.4) is 0 Å². The summed E-state index contributed by atoms with van der Waals surface area (Å²) in [6.07, 6.45) is 0. The van der Waals surface area contributed by atoms with Crippen LogP contribution in [0.5, 0.6) is 0 Å². The van der Waals surface area contributed by atoms with Crippen LogP contribution < -0.4 is 0 Å². The Morgan fingerprint density at radius 1 is 0.321 bits per heavy atom. The second-order valence-corrected chi connectivity index (χ2v) is 15.2. The van der Waals surface area contributed by atoms with E-state index in [0.29, 0.717) is 0 Å². The van der Waals surface area contributed by atoms with Gasteiger partial charge >= 0.3 is 0 Å². The fourth-order valence-electron chi connectivity index (χ4n) is 8.93. The minimum atomic E-state index is 1.15. The monoisotopic (exact) mass is 690 g/mol. The number of aromatic nitrogens is 2. The Hall–Kier alpha value is -6.68. The molecule has 0 aliphatic heterocycles. The highest BCUT2D eigenvalue weighted by Crippen LogP contribution is 2.43. The van der Waals surface area contributed by atoms with Crippen molar-refractivity contribution in [2.24, 2.45) is 0 Å². The zero-order valence-corrected chi connectivity index (χ0v) is 29.4. The van der Waals surface area contributed by atoms with Gasteiger partial charge in [0, 0.05) is 53.1 Å². The Balaban J connectivity index is 1.16. The van der Waals surface area contributed by atoms with Crippen molar-refractivity contribution in [3.8, 4) is 22.5 Å². The molecule has 2 nitrogen and oxygen atoms in total. The first-order valence-electron chi connectivity index (χ1n) is 18.2. The van der Waals surface area contributed by atoms with Crippen LogP contribution in [0, 0.1) is 0 Å². The molecule has 0 saturated heterocycles. The molecule has 0 spiro atoms. The van der Waals surface area contributed by atoms with Crippen LogP contribution in [0.1, 0.15) is 0 Å². The Labute approximate surface area is 309 Å². The molecule has 9 aromatic carbocycles. The predicted octanol–water partition coefficient (Wildman–Crippen LogP) is 14.2. The number of fused-ring (bicyclic) bond motifs is 12. The number of thiophene rings is 1. The van der Waals surface area contributed by atoms with Gasteiger partial charge in [0.15, 0.2) is 0 Å². The molecular formula is C50H30N2S. The summed E-state index contributed by atoms with van der Waals surface area (Å²) in [5.41, 5.74) is 9.64. The lowest BCUT2D eigenvalue weighted by Gasteiger charge is -2.12. The molecule has 0 aliphatic rings. The Morgan fingerprint density at radius 3 is 1.83 bits per heavy atom. The van der Waals surface area contributed by atoms with E-state index in [1.807, 2.05) is 11.3 Å². The normalized spacial score (nSPS) is 12.2. The van der Waals surface area contributed by atoms with E-state index < -0.39 is 0 Å². The van der Waals surface area contributed by atoms with Crippen LogP contribution >= 0.6 is 11.3 Å². The molecule has 0 saturated carbocycles. The minimum Gasteiger partial charge on any atom is -0.309 e.